The molecule has 0 amide bonds. The van der Waals surface area contributed by atoms with Gasteiger partial charge in [0, 0.05) is 14.1 Å². The highest BCUT2D eigenvalue weighted by Gasteiger charge is 2.05. The first kappa shape index (κ1) is 6.00. The van der Waals surface area contributed by atoms with Gasteiger partial charge >= 0.3 is 0 Å². The monoisotopic (exact) mass is 130 g/mol. The summed E-state index contributed by atoms with van der Waals surface area (Å²) < 4.78 is 12.4. The number of aromatic nitrogens is 3. The van der Waals surface area contributed by atoms with Gasteiger partial charge in [0.2, 0.25) is 5.82 Å². The highest BCUT2D eigenvalue weighted by atomic mass is 19.1. The summed E-state index contributed by atoms with van der Waals surface area (Å²) in [5, 5.41) is 8.79. The molecule has 0 saturated heterocycles. The van der Waals surface area contributed by atoms with Crippen LogP contribution in [0.1, 0.15) is 0 Å². The molecule has 50 valence electrons. The van der Waals surface area contributed by atoms with Gasteiger partial charge in [-0.3, -0.25) is 0 Å². The third-order valence-electron chi connectivity index (χ3n) is 0.913. The Labute approximate surface area is 51.7 Å². The Morgan fingerprint density at radius 2 is 2.22 bits per heavy atom. The van der Waals surface area contributed by atoms with E-state index in [1.807, 2.05) is 0 Å². The Hall–Kier alpha value is -1.13. The molecule has 1 rings (SSSR count). The van der Waals surface area contributed by atoms with Gasteiger partial charge in [-0.2, -0.15) is 4.39 Å². The van der Waals surface area contributed by atoms with Gasteiger partial charge in [-0.1, -0.05) is 5.21 Å². The lowest BCUT2D eigenvalue weighted by Gasteiger charge is -2.04. The summed E-state index contributed by atoms with van der Waals surface area (Å²) in [6.07, 6.45) is 0. The first-order chi connectivity index (χ1) is 4.22. The Bertz CT molecular complexity index is 194. The second-order valence-corrected chi connectivity index (χ2v) is 1.84. The molecule has 0 aliphatic heterocycles. The molecule has 0 radical (unpaired) electrons. The molecular weight excluding hydrogens is 123 g/mol. The Morgan fingerprint density at radius 3 is 2.44 bits per heavy atom. The summed E-state index contributed by atoms with van der Waals surface area (Å²) in [5.74, 6) is -0.269. The van der Waals surface area contributed by atoms with Crippen molar-refractivity contribution in [3.05, 3.63) is 5.95 Å². The standard InChI is InChI=1S/C4H7FN4/c1-9(2)4-3(5)6-8-7-4/h1-2H3,(H,6,7,8). The zero-order valence-electron chi connectivity index (χ0n) is 5.22. The van der Waals surface area contributed by atoms with E-state index in [0.717, 1.165) is 0 Å². The number of hydrogen-bond acceptors (Lipinski definition) is 3. The molecule has 1 aromatic heterocycles. The zero-order chi connectivity index (χ0) is 6.85. The summed E-state index contributed by atoms with van der Waals surface area (Å²) in [5.41, 5.74) is 0. The van der Waals surface area contributed by atoms with Crippen molar-refractivity contribution in [1.82, 2.24) is 15.4 Å². The first-order valence-corrected chi connectivity index (χ1v) is 2.45. The number of halogens is 1. The van der Waals surface area contributed by atoms with E-state index in [2.05, 4.69) is 15.4 Å². The lowest BCUT2D eigenvalue weighted by Crippen LogP contribution is -2.10. The number of aromatic amines is 1. The zero-order valence-corrected chi connectivity index (χ0v) is 5.22. The molecule has 0 aliphatic carbocycles. The fourth-order valence-corrected chi connectivity index (χ4v) is 0.496. The Balaban J connectivity index is 2.94. The summed E-state index contributed by atoms with van der Waals surface area (Å²) in [6.45, 7) is 0. The van der Waals surface area contributed by atoms with Crippen LogP contribution in [-0.4, -0.2) is 29.5 Å². The van der Waals surface area contributed by atoms with E-state index in [1.54, 1.807) is 19.0 Å². The van der Waals surface area contributed by atoms with Crippen molar-refractivity contribution in [2.75, 3.05) is 19.0 Å². The molecule has 5 heteroatoms. The maximum absolute atomic E-state index is 12.4. The highest BCUT2D eigenvalue weighted by molar-refractivity contribution is 5.32. The second-order valence-electron chi connectivity index (χ2n) is 1.84. The fraction of sp³-hybridized carbons (Fsp3) is 0.500. The van der Waals surface area contributed by atoms with Crippen LogP contribution in [0.5, 0.6) is 0 Å². The van der Waals surface area contributed by atoms with Gasteiger partial charge in [-0.05, 0) is 0 Å². The van der Waals surface area contributed by atoms with Gasteiger partial charge in [0.1, 0.15) is 0 Å². The summed E-state index contributed by atoms with van der Waals surface area (Å²) in [7, 11) is 3.39. The average Bonchev–Trinajstić information content (AvgIpc) is 2.13. The van der Waals surface area contributed by atoms with Gasteiger partial charge in [-0.15, -0.1) is 5.10 Å². The SMILES string of the molecule is CN(C)c1nn[nH]c1F. The topological polar surface area (TPSA) is 44.8 Å². The molecule has 9 heavy (non-hydrogen) atoms. The molecule has 0 saturated carbocycles. The van der Waals surface area contributed by atoms with E-state index in [-0.39, 0.29) is 5.82 Å². The predicted octanol–water partition coefficient (Wildman–Crippen LogP) is 0.00980. The van der Waals surface area contributed by atoms with Crippen LogP contribution in [0.25, 0.3) is 0 Å². The summed E-state index contributed by atoms with van der Waals surface area (Å²) >= 11 is 0. The Kier molecular flexibility index (Phi) is 1.33. The Morgan fingerprint density at radius 1 is 1.56 bits per heavy atom. The molecule has 1 heterocycles. The normalized spacial score (nSPS) is 9.67. The maximum Gasteiger partial charge on any atom is 0.253 e. The number of hydrogen-bond donors (Lipinski definition) is 1. The summed E-state index contributed by atoms with van der Waals surface area (Å²) in [6, 6.07) is 0. The van der Waals surface area contributed by atoms with Crippen LogP contribution in [0, 0.1) is 5.95 Å². The van der Waals surface area contributed by atoms with E-state index in [4.69, 9.17) is 0 Å². The second kappa shape index (κ2) is 2.00. The van der Waals surface area contributed by atoms with Gasteiger partial charge in [-0.25, -0.2) is 5.10 Å². The smallest absolute Gasteiger partial charge is 0.253 e. The fourth-order valence-electron chi connectivity index (χ4n) is 0.496. The van der Waals surface area contributed by atoms with E-state index in [1.165, 1.54) is 0 Å². The van der Waals surface area contributed by atoms with E-state index >= 15 is 0 Å². The highest BCUT2D eigenvalue weighted by Crippen LogP contribution is 2.06. The molecule has 1 aromatic rings. The molecule has 1 N–H and O–H groups in total. The molecule has 4 nitrogen and oxygen atoms in total. The van der Waals surface area contributed by atoms with Crippen LogP contribution in [0.2, 0.25) is 0 Å². The van der Waals surface area contributed by atoms with Crippen LogP contribution in [0.3, 0.4) is 0 Å². The van der Waals surface area contributed by atoms with E-state index in [0.29, 0.717) is 0 Å². The van der Waals surface area contributed by atoms with Crippen molar-refractivity contribution < 1.29 is 4.39 Å². The van der Waals surface area contributed by atoms with Crippen molar-refractivity contribution in [2.45, 2.75) is 0 Å². The third-order valence-corrected chi connectivity index (χ3v) is 0.913. The third kappa shape index (κ3) is 0.984. The lowest BCUT2D eigenvalue weighted by molar-refractivity contribution is 0.578. The molecular formula is C4H7FN4. The van der Waals surface area contributed by atoms with Gasteiger partial charge in [0.25, 0.3) is 5.95 Å². The maximum atomic E-state index is 12.4. The van der Waals surface area contributed by atoms with E-state index < -0.39 is 5.95 Å². The van der Waals surface area contributed by atoms with Gasteiger partial charge in [0.15, 0.2) is 0 Å². The molecule has 0 unspecified atom stereocenters. The van der Waals surface area contributed by atoms with Crippen LogP contribution >= 0.6 is 0 Å². The molecule has 0 spiro atoms. The van der Waals surface area contributed by atoms with E-state index in [9.17, 15) is 4.39 Å². The van der Waals surface area contributed by atoms with Crippen molar-refractivity contribution in [3.8, 4) is 0 Å². The first-order valence-electron chi connectivity index (χ1n) is 2.45. The van der Waals surface area contributed by atoms with Crippen LogP contribution in [-0.2, 0) is 0 Å². The number of nitrogens with one attached hydrogen (secondary N) is 1. The van der Waals surface area contributed by atoms with Gasteiger partial charge in [0.05, 0.1) is 0 Å². The quantitative estimate of drug-likeness (QED) is 0.582. The minimum atomic E-state index is -0.500. The molecule has 0 atom stereocenters. The minimum absolute atomic E-state index is 0.231. The molecule has 0 aliphatic rings. The molecule has 0 bridgehead atoms. The van der Waals surface area contributed by atoms with Crippen LogP contribution < -0.4 is 4.90 Å². The van der Waals surface area contributed by atoms with Crippen molar-refractivity contribution in [2.24, 2.45) is 0 Å². The summed E-state index contributed by atoms with van der Waals surface area (Å²) in [4.78, 5) is 1.54. The molecule has 0 aromatic carbocycles. The number of nitrogens with zero attached hydrogens (tertiary/aromatic N) is 3. The van der Waals surface area contributed by atoms with Crippen molar-refractivity contribution in [3.63, 3.8) is 0 Å². The predicted molar refractivity (Wildman–Crippen MR) is 30.7 cm³/mol. The molecule has 0 fully saturated rings. The van der Waals surface area contributed by atoms with Crippen LogP contribution in [0.15, 0.2) is 0 Å². The minimum Gasteiger partial charge on any atom is -0.357 e. The number of rotatable bonds is 1. The average molecular weight is 130 g/mol. The van der Waals surface area contributed by atoms with Crippen LogP contribution in [0.4, 0.5) is 10.2 Å². The largest absolute Gasteiger partial charge is 0.357 e. The van der Waals surface area contributed by atoms with Crippen molar-refractivity contribution >= 4 is 5.82 Å². The number of anilines is 1. The van der Waals surface area contributed by atoms with Crippen molar-refractivity contribution in [1.29, 1.82) is 0 Å². The number of H-pyrrole nitrogens is 1. The lowest BCUT2D eigenvalue weighted by atomic mass is 10.6. The van der Waals surface area contributed by atoms with Gasteiger partial charge < -0.3 is 4.90 Å².